The van der Waals surface area contributed by atoms with Gasteiger partial charge in [-0.25, -0.2) is 0 Å². The van der Waals surface area contributed by atoms with Crippen molar-refractivity contribution in [2.45, 2.75) is 19.9 Å². The molecule has 1 atom stereocenters. The van der Waals surface area contributed by atoms with Gasteiger partial charge >= 0.3 is 0 Å². The van der Waals surface area contributed by atoms with E-state index in [2.05, 4.69) is 15.6 Å². The predicted octanol–water partition coefficient (Wildman–Crippen LogP) is 2.98. The Hall–Kier alpha value is -1.88. The summed E-state index contributed by atoms with van der Waals surface area (Å²) in [5.74, 6) is -0.115. The largest absolute Gasteiger partial charge is 0.387 e. The van der Waals surface area contributed by atoms with Gasteiger partial charge in [0, 0.05) is 18.9 Å². The third-order valence-electron chi connectivity index (χ3n) is 2.95. The van der Waals surface area contributed by atoms with Crippen molar-refractivity contribution in [1.29, 1.82) is 0 Å². The van der Waals surface area contributed by atoms with Crippen LogP contribution in [0.1, 0.15) is 34.6 Å². The first kappa shape index (κ1) is 13.5. The predicted molar refractivity (Wildman–Crippen MR) is 78.7 cm³/mol. The summed E-state index contributed by atoms with van der Waals surface area (Å²) in [6.45, 7) is 3.87. The molecule has 5 heteroatoms. The number of carbonyl (C=O) groups excluding carboxylic acids is 1. The molecule has 0 aliphatic carbocycles. The van der Waals surface area contributed by atoms with E-state index in [0.717, 1.165) is 16.9 Å². The number of carbonyl (C=O) groups is 1. The van der Waals surface area contributed by atoms with Crippen LogP contribution in [0.2, 0.25) is 0 Å². The lowest BCUT2D eigenvalue weighted by Gasteiger charge is -2.14. The molecule has 0 saturated heterocycles. The molecule has 100 valence electrons. The number of nitrogens with zero attached hydrogens (tertiary/aromatic N) is 1. The van der Waals surface area contributed by atoms with E-state index in [4.69, 9.17) is 0 Å². The second kappa shape index (κ2) is 5.84. The monoisotopic (exact) mass is 275 g/mol. The fourth-order valence-corrected chi connectivity index (χ4v) is 2.58. The molecule has 0 bridgehead atoms. The van der Waals surface area contributed by atoms with E-state index in [0.29, 0.717) is 5.56 Å². The summed E-state index contributed by atoms with van der Waals surface area (Å²) < 4.78 is 0. The SMILES string of the molecule is CNc1cc(C)ncc1C(=O)NC(C)c1ccsc1. The van der Waals surface area contributed by atoms with Gasteiger partial charge in [-0.3, -0.25) is 9.78 Å². The molecule has 19 heavy (non-hydrogen) atoms. The number of thiophene rings is 1. The van der Waals surface area contributed by atoms with Crippen LogP contribution in [0.15, 0.2) is 29.1 Å². The number of hydrogen-bond donors (Lipinski definition) is 2. The normalized spacial score (nSPS) is 11.9. The van der Waals surface area contributed by atoms with Crippen molar-refractivity contribution in [2.24, 2.45) is 0 Å². The van der Waals surface area contributed by atoms with Gasteiger partial charge in [-0.15, -0.1) is 0 Å². The topological polar surface area (TPSA) is 54.0 Å². The average Bonchev–Trinajstić information content (AvgIpc) is 2.92. The standard InChI is InChI=1S/C14H17N3OS/c1-9-6-13(15-3)12(7-16-9)14(18)17-10(2)11-4-5-19-8-11/h4-8,10H,1-3H3,(H,15,16)(H,17,18). The molecule has 0 saturated carbocycles. The fraction of sp³-hybridized carbons (Fsp3) is 0.286. The van der Waals surface area contributed by atoms with Crippen LogP contribution in [0.4, 0.5) is 5.69 Å². The maximum absolute atomic E-state index is 12.3. The summed E-state index contributed by atoms with van der Waals surface area (Å²) in [5.41, 5.74) is 3.36. The van der Waals surface area contributed by atoms with Crippen molar-refractivity contribution in [1.82, 2.24) is 10.3 Å². The first-order chi connectivity index (χ1) is 9.11. The van der Waals surface area contributed by atoms with E-state index in [1.807, 2.05) is 36.7 Å². The number of aromatic nitrogens is 1. The quantitative estimate of drug-likeness (QED) is 0.902. The van der Waals surface area contributed by atoms with Crippen LogP contribution in [0.25, 0.3) is 0 Å². The van der Waals surface area contributed by atoms with Gasteiger partial charge in [-0.2, -0.15) is 11.3 Å². The van der Waals surface area contributed by atoms with Gasteiger partial charge in [-0.1, -0.05) is 0 Å². The summed E-state index contributed by atoms with van der Waals surface area (Å²) >= 11 is 1.62. The van der Waals surface area contributed by atoms with Gasteiger partial charge in [0.25, 0.3) is 5.91 Å². The minimum atomic E-state index is -0.115. The molecule has 2 heterocycles. The van der Waals surface area contributed by atoms with Crippen molar-refractivity contribution in [3.05, 3.63) is 45.9 Å². The Kier molecular flexibility index (Phi) is 4.16. The molecule has 0 aliphatic rings. The van der Waals surface area contributed by atoms with Gasteiger partial charge in [-0.05, 0) is 42.3 Å². The van der Waals surface area contributed by atoms with E-state index < -0.39 is 0 Å². The zero-order valence-electron chi connectivity index (χ0n) is 11.2. The highest BCUT2D eigenvalue weighted by Gasteiger charge is 2.15. The molecule has 0 radical (unpaired) electrons. The number of anilines is 1. The van der Waals surface area contributed by atoms with Crippen molar-refractivity contribution < 1.29 is 4.79 Å². The number of rotatable bonds is 4. The molecule has 0 spiro atoms. The lowest BCUT2D eigenvalue weighted by Crippen LogP contribution is -2.27. The van der Waals surface area contributed by atoms with E-state index in [1.54, 1.807) is 24.6 Å². The van der Waals surface area contributed by atoms with Crippen LogP contribution >= 0.6 is 11.3 Å². The van der Waals surface area contributed by atoms with Gasteiger partial charge < -0.3 is 10.6 Å². The Morgan fingerprint density at radius 2 is 2.26 bits per heavy atom. The molecule has 2 N–H and O–H groups in total. The van der Waals surface area contributed by atoms with Crippen molar-refractivity contribution in [2.75, 3.05) is 12.4 Å². The fourth-order valence-electron chi connectivity index (χ4n) is 1.83. The second-order valence-electron chi connectivity index (χ2n) is 4.37. The number of aryl methyl sites for hydroxylation is 1. The molecule has 0 fully saturated rings. The summed E-state index contributed by atoms with van der Waals surface area (Å²) in [7, 11) is 1.80. The Bertz CT molecular complexity index is 566. The van der Waals surface area contributed by atoms with E-state index in [1.165, 1.54) is 0 Å². The molecule has 1 amide bonds. The maximum atomic E-state index is 12.3. The minimum absolute atomic E-state index is 0.00948. The minimum Gasteiger partial charge on any atom is -0.387 e. The smallest absolute Gasteiger partial charge is 0.255 e. The van der Waals surface area contributed by atoms with Crippen molar-refractivity contribution in [3.63, 3.8) is 0 Å². The molecule has 2 aromatic rings. The molecule has 0 aliphatic heterocycles. The van der Waals surface area contributed by atoms with Crippen LogP contribution in [-0.4, -0.2) is 17.9 Å². The molecular formula is C14H17N3OS. The van der Waals surface area contributed by atoms with Crippen LogP contribution < -0.4 is 10.6 Å². The highest BCUT2D eigenvalue weighted by Crippen LogP contribution is 2.19. The van der Waals surface area contributed by atoms with Gasteiger partial charge in [0.15, 0.2) is 0 Å². The Morgan fingerprint density at radius 3 is 2.89 bits per heavy atom. The average molecular weight is 275 g/mol. The number of pyridine rings is 1. The highest BCUT2D eigenvalue weighted by molar-refractivity contribution is 7.07. The van der Waals surface area contributed by atoms with Gasteiger partial charge in [0.1, 0.15) is 0 Å². The summed E-state index contributed by atoms with van der Waals surface area (Å²) in [6, 6.07) is 3.87. The van der Waals surface area contributed by atoms with Gasteiger partial charge in [0.05, 0.1) is 17.3 Å². The number of hydrogen-bond acceptors (Lipinski definition) is 4. The third kappa shape index (κ3) is 3.12. The lowest BCUT2D eigenvalue weighted by atomic mass is 10.1. The van der Waals surface area contributed by atoms with Crippen molar-refractivity contribution in [3.8, 4) is 0 Å². The van der Waals surface area contributed by atoms with Crippen LogP contribution in [0.3, 0.4) is 0 Å². The first-order valence-electron chi connectivity index (χ1n) is 6.09. The van der Waals surface area contributed by atoms with E-state index in [9.17, 15) is 4.79 Å². The van der Waals surface area contributed by atoms with Crippen LogP contribution in [-0.2, 0) is 0 Å². The molecule has 1 unspecified atom stereocenters. The van der Waals surface area contributed by atoms with Gasteiger partial charge in [0.2, 0.25) is 0 Å². The third-order valence-corrected chi connectivity index (χ3v) is 3.65. The zero-order chi connectivity index (χ0) is 13.8. The number of amides is 1. The zero-order valence-corrected chi connectivity index (χ0v) is 12.0. The van der Waals surface area contributed by atoms with Crippen molar-refractivity contribution >= 4 is 22.9 Å². The summed E-state index contributed by atoms with van der Waals surface area (Å²) in [6.07, 6.45) is 1.61. The molecule has 2 aromatic heterocycles. The molecule has 4 nitrogen and oxygen atoms in total. The van der Waals surface area contributed by atoms with Crippen LogP contribution in [0, 0.1) is 6.92 Å². The number of nitrogens with one attached hydrogen (secondary N) is 2. The highest BCUT2D eigenvalue weighted by atomic mass is 32.1. The summed E-state index contributed by atoms with van der Waals surface area (Å²) in [4.78, 5) is 16.4. The molecule has 0 aromatic carbocycles. The summed E-state index contributed by atoms with van der Waals surface area (Å²) in [5, 5.41) is 10.1. The Morgan fingerprint density at radius 1 is 1.47 bits per heavy atom. The Balaban J connectivity index is 2.16. The van der Waals surface area contributed by atoms with E-state index >= 15 is 0 Å². The van der Waals surface area contributed by atoms with E-state index in [-0.39, 0.29) is 11.9 Å². The molecular weight excluding hydrogens is 258 g/mol. The molecule has 2 rings (SSSR count). The van der Waals surface area contributed by atoms with Crippen LogP contribution in [0.5, 0.6) is 0 Å². The Labute approximate surface area is 116 Å². The first-order valence-corrected chi connectivity index (χ1v) is 7.03. The second-order valence-corrected chi connectivity index (χ2v) is 5.15. The maximum Gasteiger partial charge on any atom is 0.255 e. The lowest BCUT2D eigenvalue weighted by molar-refractivity contribution is 0.0940.